The SMILES string of the molecule is Brc1ccc(-c2coc(C3CCCN3)n2)cc1. The van der Waals surface area contributed by atoms with Gasteiger partial charge in [0.05, 0.1) is 6.04 Å². The molecule has 4 heteroatoms. The van der Waals surface area contributed by atoms with Crippen molar-refractivity contribution >= 4 is 15.9 Å². The predicted molar refractivity (Wildman–Crippen MR) is 69.6 cm³/mol. The van der Waals surface area contributed by atoms with Gasteiger partial charge in [-0.15, -0.1) is 0 Å². The fraction of sp³-hybridized carbons (Fsp3) is 0.308. The molecule has 0 spiro atoms. The minimum Gasteiger partial charge on any atom is -0.447 e. The van der Waals surface area contributed by atoms with Crippen molar-refractivity contribution in [2.24, 2.45) is 0 Å². The highest BCUT2D eigenvalue weighted by molar-refractivity contribution is 9.10. The molecule has 0 amide bonds. The average molecular weight is 293 g/mol. The average Bonchev–Trinajstić information content (AvgIpc) is 3.00. The van der Waals surface area contributed by atoms with Crippen molar-refractivity contribution in [3.05, 3.63) is 40.9 Å². The van der Waals surface area contributed by atoms with Crippen LogP contribution in [-0.2, 0) is 0 Å². The van der Waals surface area contributed by atoms with Crippen LogP contribution in [-0.4, -0.2) is 11.5 Å². The maximum atomic E-state index is 5.55. The minimum atomic E-state index is 0.291. The molecule has 0 bridgehead atoms. The third-order valence-electron chi connectivity index (χ3n) is 3.02. The molecule has 88 valence electrons. The summed E-state index contributed by atoms with van der Waals surface area (Å²) in [6.07, 6.45) is 4.04. The third-order valence-corrected chi connectivity index (χ3v) is 3.55. The van der Waals surface area contributed by atoms with Crippen LogP contribution in [0.25, 0.3) is 11.3 Å². The molecule has 1 unspecified atom stereocenters. The van der Waals surface area contributed by atoms with Crippen LogP contribution >= 0.6 is 15.9 Å². The van der Waals surface area contributed by atoms with Gasteiger partial charge in [-0.2, -0.15) is 0 Å². The van der Waals surface area contributed by atoms with Crippen LogP contribution in [0.4, 0.5) is 0 Å². The van der Waals surface area contributed by atoms with E-state index in [0.717, 1.165) is 34.6 Å². The molecule has 3 nitrogen and oxygen atoms in total. The summed E-state index contributed by atoms with van der Waals surface area (Å²) in [7, 11) is 0. The number of nitrogens with zero attached hydrogens (tertiary/aromatic N) is 1. The molecule has 17 heavy (non-hydrogen) atoms. The second-order valence-electron chi connectivity index (χ2n) is 4.23. The summed E-state index contributed by atoms with van der Waals surface area (Å²) in [6, 6.07) is 8.38. The van der Waals surface area contributed by atoms with E-state index in [2.05, 4.69) is 26.2 Å². The van der Waals surface area contributed by atoms with Gasteiger partial charge in [0.15, 0.2) is 0 Å². The summed E-state index contributed by atoms with van der Waals surface area (Å²) >= 11 is 3.42. The van der Waals surface area contributed by atoms with Crippen molar-refractivity contribution in [3.63, 3.8) is 0 Å². The van der Waals surface area contributed by atoms with Crippen LogP contribution in [0.1, 0.15) is 24.8 Å². The highest BCUT2D eigenvalue weighted by Gasteiger charge is 2.21. The van der Waals surface area contributed by atoms with Crippen molar-refractivity contribution in [2.75, 3.05) is 6.54 Å². The zero-order chi connectivity index (χ0) is 11.7. The van der Waals surface area contributed by atoms with Gasteiger partial charge in [-0.25, -0.2) is 4.98 Å². The molecule has 1 fully saturated rings. The van der Waals surface area contributed by atoms with Crippen LogP contribution in [0, 0.1) is 0 Å². The monoisotopic (exact) mass is 292 g/mol. The van der Waals surface area contributed by atoms with E-state index in [9.17, 15) is 0 Å². The van der Waals surface area contributed by atoms with Crippen LogP contribution < -0.4 is 5.32 Å². The fourth-order valence-electron chi connectivity index (χ4n) is 2.10. The second kappa shape index (κ2) is 4.63. The third kappa shape index (κ3) is 2.28. The summed E-state index contributed by atoms with van der Waals surface area (Å²) in [5.41, 5.74) is 1.99. The summed E-state index contributed by atoms with van der Waals surface area (Å²) < 4.78 is 6.62. The summed E-state index contributed by atoms with van der Waals surface area (Å²) in [4.78, 5) is 4.55. The molecule has 1 saturated heterocycles. The lowest BCUT2D eigenvalue weighted by atomic mass is 10.2. The number of nitrogens with one attached hydrogen (secondary N) is 1. The van der Waals surface area contributed by atoms with E-state index in [1.54, 1.807) is 6.26 Å². The van der Waals surface area contributed by atoms with Crippen LogP contribution in [0.5, 0.6) is 0 Å². The molecular weight excluding hydrogens is 280 g/mol. The van der Waals surface area contributed by atoms with Gasteiger partial charge in [0, 0.05) is 10.0 Å². The van der Waals surface area contributed by atoms with Gasteiger partial charge in [-0.3, -0.25) is 0 Å². The molecule has 1 N–H and O–H groups in total. The van der Waals surface area contributed by atoms with Crippen LogP contribution in [0.2, 0.25) is 0 Å². The lowest BCUT2D eigenvalue weighted by molar-refractivity contribution is 0.429. The first-order valence-corrected chi connectivity index (χ1v) is 6.57. The number of rotatable bonds is 2. The number of hydrogen-bond donors (Lipinski definition) is 1. The molecule has 1 aliphatic heterocycles. The molecule has 3 rings (SSSR count). The fourth-order valence-corrected chi connectivity index (χ4v) is 2.36. The number of halogens is 1. The lowest BCUT2D eigenvalue weighted by Gasteiger charge is -2.02. The van der Waals surface area contributed by atoms with E-state index in [1.165, 1.54) is 6.42 Å². The summed E-state index contributed by atoms with van der Waals surface area (Å²) in [6.45, 7) is 1.06. The normalized spacial score (nSPS) is 19.7. The van der Waals surface area contributed by atoms with Crippen molar-refractivity contribution in [2.45, 2.75) is 18.9 Å². The number of benzene rings is 1. The molecule has 2 aromatic rings. The van der Waals surface area contributed by atoms with E-state index in [1.807, 2.05) is 24.3 Å². The Balaban J connectivity index is 1.86. The molecule has 1 aromatic heterocycles. The van der Waals surface area contributed by atoms with Gasteiger partial charge in [-0.05, 0) is 31.5 Å². The maximum absolute atomic E-state index is 5.55. The van der Waals surface area contributed by atoms with Gasteiger partial charge in [-0.1, -0.05) is 28.1 Å². The Morgan fingerprint density at radius 1 is 1.29 bits per heavy atom. The van der Waals surface area contributed by atoms with E-state index >= 15 is 0 Å². The number of aromatic nitrogens is 1. The number of hydrogen-bond acceptors (Lipinski definition) is 3. The topological polar surface area (TPSA) is 38.1 Å². The van der Waals surface area contributed by atoms with E-state index in [-0.39, 0.29) is 0 Å². The quantitative estimate of drug-likeness (QED) is 0.920. The first kappa shape index (κ1) is 11.0. The zero-order valence-electron chi connectivity index (χ0n) is 9.32. The first-order chi connectivity index (χ1) is 8.33. The van der Waals surface area contributed by atoms with Gasteiger partial charge < -0.3 is 9.73 Å². The molecular formula is C13H13BrN2O. The molecule has 2 heterocycles. The predicted octanol–water partition coefficient (Wildman–Crippen LogP) is 3.53. The zero-order valence-corrected chi connectivity index (χ0v) is 10.9. The molecule has 1 atom stereocenters. The van der Waals surface area contributed by atoms with Crippen molar-refractivity contribution in [1.29, 1.82) is 0 Å². The first-order valence-electron chi connectivity index (χ1n) is 5.78. The smallest absolute Gasteiger partial charge is 0.211 e. The van der Waals surface area contributed by atoms with Gasteiger partial charge in [0.2, 0.25) is 5.89 Å². The van der Waals surface area contributed by atoms with E-state index in [0.29, 0.717) is 6.04 Å². The largest absolute Gasteiger partial charge is 0.447 e. The Hall–Kier alpha value is -1.13. The van der Waals surface area contributed by atoms with Gasteiger partial charge >= 0.3 is 0 Å². The van der Waals surface area contributed by atoms with Crippen LogP contribution in [0.3, 0.4) is 0 Å². The highest BCUT2D eigenvalue weighted by atomic mass is 79.9. The Labute approximate surface area is 108 Å². The Morgan fingerprint density at radius 3 is 2.82 bits per heavy atom. The van der Waals surface area contributed by atoms with E-state index in [4.69, 9.17) is 4.42 Å². The van der Waals surface area contributed by atoms with Crippen molar-refractivity contribution in [3.8, 4) is 11.3 Å². The summed E-state index contributed by atoms with van der Waals surface area (Å²) in [5, 5.41) is 3.38. The molecule has 1 aromatic carbocycles. The lowest BCUT2D eigenvalue weighted by Crippen LogP contribution is -2.12. The van der Waals surface area contributed by atoms with Crippen LogP contribution in [0.15, 0.2) is 39.4 Å². The number of oxazole rings is 1. The molecule has 0 aliphatic carbocycles. The van der Waals surface area contributed by atoms with Crippen molar-refractivity contribution < 1.29 is 4.42 Å². The standard InChI is InChI=1S/C13H13BrN2O/c14-10-5-3-9(4-6-10)12-8-17-13(16-12)11-2-1-7-15-11/h3-6,8,11,15H,1-2,7H2. The second-order valence-corrected chi connectivity index (χ2v) is 5.14. The summed E-state index contributed by atoms with van der Waals surface area (Å²) in [5.74, 6) is 0.806. The minimum absolute atomic E-state index is 0.291. The van der Waals surface area contributed by atoms with Gasteiger partial charge in [0.25, 0.3) is 0 Å². The highest BCUT2D eigenvalue weighted by Crippen LogP contribution is 2.26. The van der Waals surface area contributed by atoms with Crippen molar-refractivity contribution in [1.82, 2.24) is 10.3 Å². The Kier molecular flexibility index (Phi) is 2.99. The molecule has 0 radical (unpaired) electrons. The van der Waals surface area contributed by atoms with Gasteiger partial charge in [0.1, 0.15) is 12.0 Å². The van der Waals surface area contributed by atoms with E-state index < -0.39 is 0 Å². The molecule has 1 aliphatic rings. The molecule has 0 saturated carbocycles. The maximum Gasteiger partial charge on any atom is 0.211 e. The Morgan fingerprint density at radius 2 is 2.12 bits per heavy atom. The Bertz CT molecular complexity index is 500.